The lowest BCUT2D eigenvalue weighted by Crippen LogP contribution is -2.55. The van der Waals surface area contributed by atoms with Crippen LogP contribution in [0.5, 0.6) is 0 Å². The fourth-order valence-electron chi connectivity index (χ4n) is 5.51. The van der Waals surface area contributed by atoms with E-state index in [1.807, 2.05) is 45.1 Å². The van der Waals surface area contributed by atoms with Gasteiger partial charge in [-0.2, -0.15) is 5.10 Å². The predicted octanol–water partition coefficient (Wildman–Crippen LogP) is 3.33. The summed E-state index contributed by atoms with van der Waals surface area (Å²) in [4.78, 5) is 18.7. The van der Waals surface area contributed by atoms with Gasteiger partial charge in [0.15, 0.2) is 0 Å². The Balaban J connectivity index is 1.34. The van der Waals surface area contributed by atoms with Gasteiger partial charge in [0.2, 0.25) is 0 Å². The van der Waals surface area contributed by atoms with E-state index >= 15 is 0 Å². The van der Waals surface area contributed by atoms with Gasteiger partial charge in [-0.15, -0.1) is 0 Å². The van der Waals surface area contributed by atoms with E-state index in [0.717, 1.165) is 47.9 Å². The molecular formula is C25H31N5O3. The highest BCUT2D eigenvalue weighted by Crippen LogP contribution is 2.64. The van der Waals surface area contributed by atoms with Crippen molar-refractivity contribution in [2.45, 2.75) is 64.3 Å². The van der Waals surface area contributed by atoms with Gasteiger partial charge in [0.05, 0.1) is 29.5 Å². The van der Waals surface area contributed by atoms with E-state index in [4.69, 9.17) is 15.2 Å². The third-order valence-electron chi connectivity index (χ3n) is 6.98. The van der Waals surface area contributed by atoms with Crippen molar-refractivity contribution in [3.8, 4) is 11.8 Å². The lowest BCUT2D eigenvalue weighted by atomic mass is 9.53. The standard InChI is InChI=1S/C25H31N5O3/c1-23(2,3)33-22(31)30-9-7-24(8-10-30)15-25(16-24)20-18(14-32-25)12-27-21(26)19(20)6-5-17-11-28-29(4)13-17/h11-13H,7-10,14-16H2,1-4H3,(H2,26,27). The van der Waals surface area contributed by atoms with Crippen molar-refractivity contribution >= 4 is 11.9 Å². The summed E-state index contributed by atoms with van der Waals surface area (Å²) in [5.41, 5.74) is 9.40. The number of aryl methyl sites for hydroxylation is 1. The van der Waals surface area contributed by atoms with Gasteiger partial charge < -0.3 is 20.1 Å². The summed E-state index contributed by atoms with van der Waals surface area (Å²) in [5, 5.41) is 4.18. The average Bonchev–Trinajstić information content (AvgIpc) is 3.30. The molecule has 1 amide bonds. The van der Waals surface area contributed by atoms with Crippen LogP contribution in [0.25, 0.3) is 0 Å². The summed E-state index contributed by atoms with van der Waals surface area (Å²) in [6, 6.07) is 0. The summed E-state index contributed by atoms with van der Waals surface area (Å²) < 4.78 is 13.7. The fourth-order valence-corrected chi connectivity index (χ4v) is 5.51. The number of nitrogens with zero attached hydrogens (tertiary/aromatic N) is 4. The first-order valence-electron chi connectivity index (χ1n) is 11.5. The molecule has 2 aromatic rings. The second-order valence-electron chi connectivity index (χ2n) is 10.7. The third kappa shape index (κ3) is 3.95. The number of piperidine rings is 1. The van der Waals surface area contributed by atoms with E-state index in [1.165, 1.54) is 0 Å². The molecule has 0 radical (unpaired) electrons. The van der Waals surface area contributed by atoms with Crippen LogP contribution in [-0.2, 0) is 28.7 Å². The van der Waals surface area contributed by atoms with Crippen LogP contribution in [0.4, 0.5) is 10.6 Å². The number of carbonyl (C=O) groups excluding carboxylic acids is 1. The van der Waals surface area contributed by atoms with Crippen LogP contribution in [0.3, 0.4) is 0 Å². The summed E-state index contributed by atoms with van der Waals surface area (Å²) in [6.07, 6.45) is 8.95. The second kappa shape index (κ2) is 7.49. The zero-order valence-corrected chi connectivity index (χ0v) is 19.8. The highest BCUT2D eigenvalue weighted by Gasteiger charge is 2.60. The molecule has 4 heterocycles. The normalized spacial score (nSPS) is 20.2. The number of carbonyl (C=O) groups is 1. The first kappa shape index (κ1) is 21.8. The van der Waals surface area contributed by atoms with E-state index in [-0.39, 0.29) is 17.1 Å². The SMILES string of the molecule is Cn1cc(C#Cc2c(N)ncc3c2C2(CC4(CCN(C(=O)OC(C)(C)C)CC4)C2)OC3)cn1. The first-order valence-corrected chi connectivity index (χ1v) is 11.5. The highest BCUT2D eigenvalue weighted by atomic mass is 16.6. The Hall–Kier alpha value is -3.05. The smallest absolute Gasteiger partial charge is 0.410 e. The molecule has 1 aliphatic carbocycles. The van der Waals surface area contributed by atoms with Gasteiger partial charge in [-0.25, -0.2) is 9.78 Å². The van der Waals surface area contributed by atoms with Crippen molar-refractivity contribution in [2.24, 2.45) is 12.5 Å². The molecule has 8 heteroatoms. The van der Waals surface area contributed by atoms with Crippen molar-refractivity contribution < 1.29 is 14.3 Å². The molecule has 3 aliphatic rings. The molecule has 1 saturated carbocycles. The largest absolute Gasteiger partial charge is 0.444 e. The van der Waals surface area contributed by atoms with Crippen molar-refractivity contribution in [3.63, 3.8) is 0 Å². The van der Waals surface area contributed by atoms with E-state index in [9.17, 15) is 4.79 Å². The number of hydrogen-bond donors (Lipinski definition) is 1. The molecule has 1 saturated heterocycles. The molecule has 0 aromatic carbocycles. The van der Waals surface area contributed by atoms with E-state index in [2.05, 4.69) is 21.9 Å². The summed E-state index contributed by atoms with van der Waals surface area (Å²) in [5.74, 6) is 6.88. The quantitative estimate of drug-likeness (QED) is 0.620. The first-order chi connectivity index (χ1) is 15.6. The Kier molecular flexibility index (Phi) is 4.94. The summed E-state index contributed by atoms with van der Waals surface area (Å²) in [7, 11) is 1.87. The number of aromatic nitrogens is 3. The van der Waals surface area contributed by atoms with Gasteiger partial charge in [0.25, 0.3) is 0 Å². The molecule has 0 bridgehead atoms. The molecule has 174 valence electrons. The number of fused-ring (bicyclic) bond motifs is 2. The number of nitrogen functional groups attached to an aromatic ring is 1. The molecule has 2 spiro atoms. The molecule has 0 unspecified atom stereocenters. The number of nitrogens with two attached hydrogens (primary N) is 1. The lowest BCUT2D eigenvalue weighted by molar-refractivity contribution is -0.182. The molecule has 5 rings (SSSR count). The Morgan fingerprint density at radius 2 is 1.94 bits per heavy atom. The maximum absolute atomic E-state index is 12.5. The zero-order valence-electron chi connectivity index (χ0n) is 19.8. The minimum Gasteiger partial charge on any atom is -0.444 e. The summed E-state index contributed by atoms with van der Waals surface area (Å²) >= 11 is 0. The second-order valence-corrected chi connectivity index (χ2v) is 10.7. The molecule has 8 nitrogen and oxygen atoms in total. The van der Waals surface area contributed by atoms with Gasteiger partial charge in [0, 0.05) is 43.7 Å². The lowest BCUT2D eigenvalue weighted by Gasteiger charge is -2.57. The average molecular weight is 450 g/mol. The third-order valence-corrected chi connectivity index (χ3v) is 6.98. The Morgan fingerprint density at radius 1 is 1.21 bits per heavy atom. The van der Waals surface area contributed by atoms with E-state index < -0.39 is 5.60 Å². The molecule has 2 fully saturated rings. The molecule has 33 heavy (non-hydrogen) atoms. The Labute approximate surface area is 194 Å². The van der Waals surface area contributed by atoms with Crippen molar-refractivity contribution in [1.29, 1.82) is 0 Å². The topological polar surface area (TPSA) is 95.5 Å². The zero-order chi connectivity index (χ0) is 23.4. The molecule has 2 aromatic heterocycles. The molecule has 0 atom stereocenters. The molecule has 2 N–H and O–H groups in total. The monoisotopic (exact) mass is 449 g/mol. The van der Waals surface area contributed by atoms with Gasteiger partial charge in [0.1, 0.15) is 11.4 Å². The van der Waals surface area contributed by atoms with Crippen molar-refractivity contribution in [2.75, 3.05) is 18.8 Å². The minimum absolute atomic E-state index is 0.173. The number of ether oxygens (including phenoxy) is 2. The van der Waals surface area contributed by atoms with Crippen LogP contribution in [0.15, 0.2) is 18.6 Å². The van der Waals surface area contributed by atoms with Gasteiger partial charge in [-0.1, -0.05) is 11.8 Å². The van der Waals surface area contributed by atoms with Gasteiger partial charge in [-0.05, 0) is 51.9 Å². The highest BCUT2D eigenvalue weighted by molar-refractivity contribution is 5.68. The predicted molar refractivity (Wildman–Crippen MR) is 123 cm³/mol. The van der Waals surface area contributed by atoms with Gasteiger partial charge in [-0.3, -0.25) is 4.68 Å². The molecular weight excluding hydrogens is 418 g/mol. The number of anilines is 1. The van der Waals surface area contributed by atoms with Crippen LogP contribution < -0.4 is 5.73 Å². The number of amides is 1. The van der Waals surface area contributed by atoms with Crippen LogP contribution in [-0.4, -0.2) is 44.4 Å². The number of hydrogen-bond acceptors (Lipinski definition) is 6. The van der Waals surface area contributed by atoms with Crippen LogP contribution >= 0.6 is 0 Å². The van der Waals surface area contributed by atoms with Crippen LogP contribution in [0.1, 0.15) is 68.7 Å². The van der Waals surface area contributed by atoms with Crippen LogP contribution in [0.2, 0.25) is 0 Å². The minimum atomic E-state index is -0.477. The van der Waals surface area contributed by atoms with E-state index in [1.54, 1.807) is 10.9 Å². The number of pyridine rings is 1. The van der Waals surface area contributed by atoms with E-state index in [0.29, 0.717) is 25.5 Å². The summed E-state index contributed by atoms with van der Waals surface area (Å²) in [6.45, 7) is 7.65. The van der Waals surface area contributed by atoms with Crippen molar-refractivity contribution in [1.82, 2.24) is 19.7 Å². The maximum atomic E-state index is 12.5. The fraction of sp³-hybridized carbons (Fsp3) is 0.560. The molecule has 2 aliphatic heterocycles. The van der Waals surface area contributed by atoms with Crippen LogP contribution in [0, 0.1) is 17.3 Å². The van der Waals surface area contributed by atoms with Crippen molar-refractivity contribution in [3.05, 3.63) is 40.8 Å². The Morgan fingerprint density at radius 3 is 2.58 bits per heavy atom. The number of rotatable bonds is 0. The van der Waals surface area contributed by atoms with Gasteiger partial charge >= 0.3 is 6.09 Å². The Bertz CT molecular complexity index is 1150. The number of likely N-dealkylation sites (tertiary alicyclic amines) is 1. The maximum Gasteiger partial charge on any atom is 0.410 e.